The molecule has 64 heavy (non-hydrogen) atoms. The molecule has 1 saturated carbocycles. The molecule has 0 spiro atoms. The van der Waals surface area contributed by atoms with E-state index >= 15 is 0 Å². The van der Waals surface area contributed by atoms with E-state index in [1.807, 2.05) is 64.1 Å². The number of piperidine rings is 1. The van der Waals surface area contributed by atoms with E-state index in [2.05, 4.69) is 13.0 Å². The number of aliphatic hydroxyl groups is 2. The van der Waals surface area contributed by atoms with Crippen LogP contribution in [0, 0.1) is 29.6 Å². The highest BCUT2D eigenvalue weighted by Crippen LogP contribution is 2.40. The molecule has 3 aliphatic heterocycles. The summed E-state index contributed by atoms with van der Waals surface area (Å²) in [6.45, 7) is 13.4. The second kappa shape index (κ2) is 23.4. The summed E-state index contributed by atoms with van der Waals surface area (Å²) < 4.78 is 37.0. The van der Waals surface area contributed by atoms with Crippen LogP contribution in [0.3, 0.4) is 0 Å². The molecular weight excluding hydrogens is 819 g/mol. The van der Waals surface area contributed by atoms with Gasteiger partial charge in [-0.15, -0.1) is 0 Å². The van der Waals surface area contributed by atoms with E-state index in [-0.39, 0.29) is 61.7 Å². The van der Waals surface area contributed by atoms with Gasteiger partial charge in [0, 0.05) is 52.0 Å². The molecule has 15 atom stereocenters. The van der Waals surface area contributed by atoms with Gasteiger partial charge in [-0.05, 0) is 108 Å². The van der Waals surface area contributed by atoms with Crippen molar-refractivity contribution in [1.29, 1.82) is 0 Å². The molecule has 358 valence electrons. The van der Waals surface area contributed by atoms with E-state index in [0.717, 1.165) is 24.0 Å². The molecule has 13 heteroatoms. The highest BCUT2D eigenvalue weighted by atomic mass is 16.7. The number of aliphatic hydroxyl groups excluding tert-OH is 1. The van der Waals surface area contributed by atoms with Gasteiger partial charge < -0.3 is 43.5 Å². The zero-order valence-electron chi connectivity index (χ0n) is 40.0. The Labute approximate surface area is 381 Å². The summed E-state index contributed by atoms with van der Waals surface area (Å²) >= 11 is 0. The Bertz CT molecular complexity index is 1780. The van der Waals surface area contributed by atoms with Crippen LogP contribution in [0.25, 0.3) is 0 Å². The van der Waals surface area contributed by atoms with Crippen LogP contribution in [0.5, 0.6) is 0 Å². The van der Waals surface area contributed by atoms with Crippen molar-refractivity contribution in [2.75, 3.05) is 27.9 Å². The fourth-order valence-electron chi connectivity index (χ4n) is 10.6. The summed E-state index contributed by atoms with van der Waals surface area (Å²) in [7, 11) is 4.77. The first-order valence-electron chi connectivity index (χ1n) is 23.8. The van der Waals surface area contributed by atoms with Crippen molar-refractivity contribution in [2.24, 2.45) is 29.6 Å². The Kier molecular flexibility index (Phi) is 18.9. The normalized spacial score (nSPS) is 38.3. The molecule has 2 bridgehead atoms. The predicted molar refractivity (Wildman–Crippen MR) is 242 cm³/mol. The van der Waals surface area contributed by atoms with Crippen molar-refractivity contribution in [3.8, 4) is 0 Å². The summed E-state index contributed by atoms with van der Waals surface area (Å²) in [4.78, 5) is 58.4. The first kappa shape index (κ1) is 51.7. The smallest absolute Gasteiger partial charge is 0.329 e. The molecule has 2 N–H and O–H groups in total. The number of fused-ring (bicyclic) bond motifs is 3. The van der Waals surface area contributed by atoms with Crippen LogP contribution in [0.2, 0.25) is 0 Å². The van der Waals surface area contributed by atoms with E-state index in [0.29, 0.717) is 44.1 Å². The van der Waals surface area contributed by atoms with E-state index in [1.54, 1.807) is 28.1 Å². The van der Waals surface area contributed by atoms with Gasteiger partial charge in [-0.25, -0.2) is 4.79 Å². The van der Waals surface area contributed by atoms with Crippen molar-refractivity contribution in [3.05, 3.63) is 59.2 Å². The first-order chi connectivity index (χ1) is 30.4. The number of Topliss-reactive ketones (excluding diaryl/α,β-unsaturated/α-hetero) is 2. The highest BCUT2D eigenvalue weighted by molar-refractivity contribution is 6.39. The summed E-state index contributed by atoms with van der Waals surface area (Å²) in [5.74, 6) is -7.42. The van der Waals surface area contributed by atoms with Gasteiger partial charge in [0.2, 0.25) is 5.79 Å². The molecule has 1 aliphatic carbocycles. The van der Waals surface area contributed by atoms with E-state index in [4.69, 9.17) is 28.4 Å². The molecule has 13 nitrogen and oxygen atoms in total. The van der Waals surface area contributed by atoms with Gasteiger partial charge in [-0.3, -0.25) is 14.4 Å². The Balaban J connectivity index is 1.48. The van der Waals surface area contributed by atoms with Gasteiger partial charge >= 0.3 is 5.97 Å². The van der Waals surface area contributed by atoms with Gasteiger partial charge in [-0.2, -0.15) is 0 Å². The molecule has 1 aromatic rings. The zero-order chi connectivity index (χ0) is 46.9. The quantitative estimate of drug-likeness (QED) is 0.145. The maximum Gasteiger partial charge on any atom is 0.329 e. The lowest BCUT2D eigenvalue weighted by atomic mass is 9.81. The number of ketones is 2. The summed E-state index contributed by atoms with van der Waals surface area (Å²) in [6.07, 6.45) is 4.77. The second-order valence-electron chi connectivity index (χ2n) is 19.3. The average molecular weight is 896 g/mol. The summed E-state index contributed by atoms with van der Waals surface area (Å²) in [6, 6.07) is 8.94. The third-order valence-electron chi connectivity index (χ3n) is 14.5. The second-order valence-corrected chi connectivity index (χ2v) is 19.3. The minimum absolute atomic E-state index is 0.0341. The number of esters is 1. The molecule has 0 radical (unpaired) electrons. The maximum atomic E-state index is 14.5. The number of methoxy groups -OCH3 is 3. The van der Waals surface area contributed by atoms with Crippen molar-refractivity contribution in [2.45, 2.75) is 180 Å². The minimum Gasteiger partial charge on any atom is -0.456 e. The van der Waals surface area contributed by atoms with Crippen LogP contribution >= 0.6 is 0 Å². The predicted octanol–water partition coefficient (Wildman–Crippen LogP) is 7.26. The van der Waals surface area contributed by atoms with Gasteiger partial charge in [0.25, 0.3) is 11.7 Å². The van der Waals surface area contributed by atoms with Crippen LogP contribution in [0.1, 0.15) is 131 Å². The van der Waals surface area contributed by atoms with Crippen LogP contribution in [-0.4, -0.2) is 121 Å². The van der Waals surface area contributed by atoms with Gasteiger partial charge in [0.15, 0.2) is 0 Å². The molecule has 1 amide bonds. The molecule has 3 heterocycles. The molecule has 5 rings (SSSR count). The number of ether oxygens (including phenoxy) is 6. The third kappa shape index (κ3) is 12.4. The standard InChI is InChI=1S/C51H77NO12/c1-11-37-24-30(2)23-31(3)25-44(60-9)47-45(61-10)27-33(5)51(58,64-47)48(55)49(56)52-22-16-15-19-39(52)50(57)63-46(34(6)40(53)29-41(37)54)32(4)26-36-20-21-42(43(28-36)59-8)62-35(7)38-17-13-12-14-18-38/h12-14,17-18,24,26,31,33-37,39-40,42-47,53,58H,11,15-16,19-23,25,27-29H2,1-10H3/b30-24+,32-26?. The fraction of sp³-hybridized carbons (Fsp3) is 0.725. The zero-order valence-corrected chi connectivity index (χ0v) is 40.0. The molecule has 3 fully saturated rings. The number of cyclic esters (lactones) is 1. The number of hydrogen-bond donors (Lipinski definition) is 2. The van der Waals surface area contributed by atoms with Crippen molar-refractivity contribution < 1.29 is 57.8 Å². The first-order valence-corrected chi connectivity index (χ1v) is 23.8. The topological polar surface area (TPSA) is 167 Å². The Morgan fingerprint density at radius 1 is 0.906 bits per heavy atom. The molecule has 0 aromatic heterocycles. The average Bonchev–Trinajstić information content (AvgIpc) is 3.29. The number of carbonyl (C=O) groups is 4. The lowest BCUT2D eigenvalue weighted by molar-refractivity contribution is -0.302. The van der Waals surface area contributed by atoms with Crippen LogP contribution in [-0.2, 0) is 47.6 Å². The van der Waals surface area contributed by atoms with E-state index in [1.165, 1.54) is 12.0 Å². The molecule has 15 unspecified atom stereocenters. The van der Waals surface area contributed by atoms with Crippen LogP contribution in [0.15, 0.2) is 53.6 Å². The molecule has 2 saturated heterocycles. The lowest BCUT2D eigenvalue weighted by Crippen LogP contribution is -2.64. The largest absolute Gasteiger partial charge is 0.456 e. The Hall–Kier alpha value is -3.30. The van der Waals surface area contributed by atoms with Crippen LogP contribution in [0.4, 0.5) is 0 Å². The number of nitrogens with zero attached hydrogens (tertiary/aromatic N) is 1. The SMILES string of the molecule is CCC1/C=C(\C)CC(C)CC(OC)C2OC(O)(C(=O)C(=O)N3CCCCC3C(=O)OC(C(C)=CC3CCC(OC(C)c4ccccc4)C(OC)C3)C(C)C(O)CC1=O)C(C)CC2OC. The number of carbonyl (C=O) groups excluding carboxylic acids is 4. The number of rotatable bonds is 9. The van der Waals surface area contributed by atoms with Crippen molar-refractivity contribution >= 4 is 23.4 Å². The summed E-state index contributed by atoms with van der Waals surface area (Å²) in [5, 5.41) is 24.0. The van der Waals surface area contributed by atoms with Gasteiger partial charge in [0.05, 0.1) is 36.6 Å². The van der Waals surface area contributed by atoms with Crippen LogP contribution < -0.4 is 0 Å². The van der Waals surface area contributed by atoms with Crippen molar-refractivity contribution in [1.82, 2.24) is 4.90 Å². The number of hydrogen-bond acceptors (Lipinski definition) is 12. The van der Waals surface area contributed by atoms with Gasteiger partial charge in [-0.1, -0.05) is 75.8 Å². The number of allylic oxidation sites excluding steroid dienone is 3. The lowest BCUT2D eigenvalue weighted by Gasteiger charge is -2.47. The molecule has 4 aliphatic rings. The number of benzene rings is 1. The van der Waals surface area contributed by atoms with E-state index in [9.17, 15) is 29.4 Å². The fourth-order valence-corrected chi connectivity index (χ4v) is 10.6. The molecular formula is C51H77NO12. The third-order valence-corrected chi connectivity index (χ3v) is 14.5. The minimum atomic E-state index is -2.50. The maximum absolute atomic E-state index is 14.5. The summed E-state index contributed by atoms with van der Waals surface area (Å²) in [5.41, 5.74) is 2.79. The monoisotopic (exact) mass is 896 g/mol. The highest BCUT2D eigenvalue weighted by Gasteiger charge is 2.56. The molecule has 1 aromatic carbocycles. The van der Waals surface area contributed by atoms with Crippen molar-refractivity contribution in [3.63, 3.8) is 0 Å². The Morgan fingerprint density at radius 3 is 2.23 bits per heavy atom. The van der Waals surface area contributed by atoms with E-state index < -0.39 is 77.8 Å². The van der Waals surface area contributed by atoms with Gasteiger partial charge in [0.1, 0.15) is 24.0 Å². The Morgan fingerprint density at radius 2 is 1.58 bits per heavy atom. The number of amides is 1.